The number of benzene rings is 1. The first kappa shape index (κ1) is 28.5. The van der Waals surface area contributed by atoms with Crippen molar-refractivity contribution < 1.29 is 15.3 Å². The lowest BCUT2D eigenvalue weighted by Gasteiger charge is -2.67. The summed E-state index contributed by atoms with van der Waals surface area (Å²) >= 11 is 0. The molecule has 1 heterocycles. The van der Waals surface area contributed by atoms with Crippen molar-refractivity contribution in [1.82, 2.24) is 4.98 Å². The van der Waals surface area contributed by atoms with E-state index in [0.29, 0.717) is 30.1 Å². The lowest BCUT2D eigenvalue weighted by molar-refractivity contribution is -0.198. The van der Waals surface area contributed by atoms with Crippen LogP contribution in [0.2, 0.25) is 0 Å². The monoisotopic (exact) mass is 547 g/mol. The average Bonchev–Trinajstić information content (AvgIpc) is 3.38. The Morgan fingerprint density at radius 2 is 1.75 bits per heavy atom. The lowest BCUT2D eigenvalue weighted by atomic mass is 9.38. The number of fused-ring (bicyclic) bond motifs is 8. The summed E-state index contributed by atoms with van der Waals surface area (Å²) in [7, 11) is 0. The summed E-state index contributed by atoms with van der Waals surface area (Å²) in [4.78, 5) is 3.80. The van der Waals surface area contributed by atoms with Gasteiger partial charge in [0.1, 0.15) is 0 Å². The number of allylic oxidation sites excluding steroid dienone is 2. The summed E-state index contributed by atoms with van der Waals surface area (Å²) in [5.41, 5.74) is 4.47. The second kappa shape index (κ2) is 8.94. The molecule has 4 N–H and O–H groups in total. The summed E-state index contributed by atoms with van der Waals surface area (Å²) < 4.78 is 0. The van der Waals surface area contributed by atoms with Crippen molar-refractivity contribution >= 4 is 10.9 Å². The highest BCUT2D eigenvalue weighted by Crippen LogP contribution is 2.74. The predicted octanol–water partition coefficient (Wildman–Crippen LogP) is 7.31. The van der Waals surface area contributed by atoms with Gasteiger partial charge in [0.2, 0.25) is 0 Å². The van der Waals surface area contributed by atoms with Crippen LogP contribution in [0.15, 0.2) is 35.9 Å². The number of hydrogen-bond acceptors (Lipinski definition) is 3. The molecule has 9 atom stereocenters. The van der Waals surface area contributed by atoms with E-state index in [9.17, 15) is 15.3 Å². The van der Waals surface area contributed by atoms with Crippen LogP contribution < -0.4 is 0 Å². The van der Waals surface area contributed by atoms with E-state index in [1.807, 2.05) is 0 Å². The molecule has 0 spiro atoms. The van der Waals surface area contributed by atoms with E-state index in [1.54, 1.807) is 13.8 Å². The molecule has 220 valence electrons. The van der Waals surface area contributed by atoms with Crippen molar-refractivity contribution in [2.45, 2.75) is 124 Å². The van der Waals surface area contributed by atoms with E-state index < -0.39 is 11.7 Å². The molecule has 4 nitrogen and oxygen atoms in total. The van der Waals surface area contributed by atoms with Crippen LogP contribution in [0.4, 0.5) is 0 Å². The van der Waals surface area contributed by atoms with E-state index in [-0.39, 0.29) is 27.8 Å². The van der Waals surface area contributed by atoms with Gasteiger partial charge >= 0.3 is 0 Å². The summed E-state index contributed by atoms with van der Waals surface area (Å²) in [5, 5.41) is 34.5. The molecule has 4 aliphatic carbocycles. The van der Waals surface area contributed by atoms with E-state index in [2.05, 4.69) is 76.9 Å². The smallest absolute Gasteiger partial charge is 0.0849 e. The van der Waals surface area contributed by atoms with E-state index in [0.717, 1.165) is 25.7 Å². The number of para-hydroxylation sites is 1. The standard InChI is InChI=1S/C36H53NO3/c1-21(13-16-29(38)33(4,5)40)24-17-18-34(6)28-15-14-25-26(36(28,8)30(39)20-35(24,34)7)19-23-22-11-9-10-12-27(22)37-31(23)32(25,2)3/h9-12,14,21,24,26,28-30,37-40H,13,15-20H2,1-8H3/t21-,24-,26-,28+,29-,30-,34+,35-,36+/m1/s1. The zero-order chi connectivity index (χ0) is 29.0. The Morgan fingerprint density at radius 3 is 2.45 bits per heavy atom. The minimum atomic E-state index is -1.07. The van der Waals surface area contributed by atoms with Gasteiger partial charge in [-0.3, -0.25) is 0 Å². The van der Waals surface area contributed by atoms with Crippen molar-refractivity contribution in [3.05, 3.63) is 47.2 Å². The lowest BCUT2D eigenvalue weighted by Crippen LogP contribution is -2.64. The van der Waals surface area contributed by atoms with Crippen molar-refractivity contribution in [2.24, 2.45) is 39.9 Å². The summed E-state index contributed by atoms with van der Waals surface area (Å²) in [6.07, 6.45) is 8.35. The normalized spacial score (nSPS) is 40.0. The van der Waals surface area contributed by atoms with Crippen molar-refractivity contribution in [1.29, 1.82) is 0 Å². The number of nitrogens with one attached hydrogen (secondary N) is 1. The molecule has 40 heavy (non-hydrogen) atoms. The molecule has 0 bridgehead atoms. The quantitative estimate of drug-likeness (QED) is 0.297. The van der Waals surface area contributed by atoms with E-state index in [4.69, 9.17) is 0 Å². The fourth-order valence-electron chi connectivity index (χ4n) is 10.9. The minimum absolute atomic E-state index is 0.0527. The molecular weight excluding hydrogens is 494 g/mol. The maximum atomic E-state index is 12.3. The molecule has 2 saturated carbocycles. The van der Waals surface area contributed by atoms with Gasteiger partial charge in [-0.25, -0.2) is 0 Å². The van der Waals surface area contributed by atoms with Crippen LogP contribution in [0, 0.1) is 39.9 Å². The number of aromatic amines is 1. The number of aliphatic hydroxyl groups excluding tert-OH is 2. The topological polar surface area (TPSA) is 76.5 Å². The highest BCUT2D eigenvalue weighted by Gasteiger charge is 2.70. The van der Waals surface area contributed by atoms with Gasteiger partial charge in [-0.2, -0.15) is 0 Å². The molecular formula is C36H53NO3. The zero-order valence-corrected chi connectivity index (χ0v) is 26.1. The molecule has 0 radical (unpaired) electrons. The van der Waals surface area contributed by atoms with Crippen LogP contribution in [-0.4, -0.2) is 38.1 Å². The van der Waals surface area contributed by atoms with Crippen LogP contribution in [-0.2, 0) is 11.8 Å². The maximum Gasteiger partial charge on any atom is 0.0849 e. The highest BCUT2D eigenvalue weighted by atomic mass is 16.3. The SMILES string of the molecule is C[C@H](CC[C@@H](O)C(C)(C)O)[C@H]1CC[C@@]2(C)[C@@H]3CC=C4[C@@H](Cc5c([nH]c6ccccc56)C4(C)C)[C@]3(C)[C@H](O)C[C@]12C. The first-order chi connectivity index (χ1) is 18.6. The zero-order valence-electron chi connectivity index (χ0n) is 26.1. The second-order valence-electron chi connectivity index (χ2n) is 16.1. The molecule has 0 saturated heterocycles. The Labute approximate surface area is 241 Å². The number of hydrogen-bond donors (Lipinski definition) is 4. The van der Waals surface area contributed by atoms with Crippen LogP contribution >= 0.6 is 0 Å². The molecule has 0 amide bonds. The molecule has 0 unspecified atom stereocenters. The number of H-pyrrole nitrogens is 1. The van der Waals surface area contributed by atoms with Gasteiger partial charge in [-0.05, 0) is 105 Å². The van der Waals surface area contributed by atoms with Crippen LogP contribution in [0.25, 0.3) is 10.9 Å². The first-order valence-corrected chi connectivity index (χ1v) is 16.0. The Bertz CT molecular complexity index is 1330. The van der Waals surface area contributed by atoms with Crippen LogP contribution in [0.1, 0.15) is 105 Å². The van der Waals surface area contributed by atoms with Gasteiger partial charge in [0.05, 0.1) is 17.8 Å². The summed E-state index contributed by atoms with van der Waals surface area (Å²) in [6.45, 7) is 18.0. The highest BCUT2D eigenvalue weighted by molar-refractivity contribution is 5.86. The fraction of sp³-hybridized carbons (Fsp3) is 0.722. The van der Waals surface area contributed by atoms with Gasteiger partial charge < -0.3 is 20.3 Å². The number of aromatic nitrogens is 1. The van der Waals surface area contributed by atoms with Gasteiger partial charge in [0.15, 0.2) is 0 Å². The number of aliphatic hydroxyl groups is 3. The first-order valence-electron chi connectivity index (χ1n) is 16.0. The molecule has 1 aromatic heterocycles. The van der Waals surface area contributed by atoms with Crippen molar-refractivity contribution in [3.8, 4) is 0 Å². The van der Waals surface area contributed by atoms with Crippen LogP contribution in [0.3, 0.4) is 0 Å². The molecule has 0 aliphatic heterocycles. The maximum absolute atomic E-state index is 12.3. The molecule has 4 aliphatic rings. The Balaban J connectivity index is 1.35. The summed E-state index contributed by atoms with van der Waals surface area (Å²) in [6, 6.07) is 8.75. The van der Waals surface area contributed by atoms with Crippen molar-refractivity contribution in [2.75, 3.05) is 0 Å². The third kappa shape index (κ3) is 3.67. The van der Waals surface area contributed by atoms with E-state index in [1.165, 1.54) is 40.6 Å². The van der Waals surface area contributed by atoms with E-state index >= 15 is 0 Å². The predicted molar refractivity (Wildman–Crippen MR) is 163 cm³/mol. The second-order valence-corrected chi connectivity index (χ2v) is 16.1. The third-order valence-electron chi connectivity index (χ3n) is 13.6. The van der Waals surface area contributed by atoms with Gasteiger partial charge in [-0.1, -0.05) is 71.4 Å². The Hall–Kier alpha value is -1.62. The Kier molecular flexibility index (Phi) is 6.37. The molecule has 2 fully saturated rings. The van der Waals surface area contributed by atoms with Crippen molar-refractivity contribution in [3.63, 3.8) is 0 Å². The Morgan fingerprint density at radius 1 is 1.05 bits per heavy atom. The summed E-state index contributed by atoms with van der Waals surface area (Å²) in [5.74, 6) is 1.73. The average molecular weight is 548 g/mol. The minimum Gasteiger partial charge on any atom is -0.393 e. The molecule has 4 heteroatoms. The fourth-order valence-corrected chi connectivity index (χ4v) is 10.9. The number of rotatable bonds is 5. The largest absolute Gasteiger partial charge is 0.393 e. The van der Waals surface area contributed by atoms with Gasteiger partial charge in [-0.15, -0.1) is 0 Å². The van der Waals surface area contributed by atoms with Crippen LogP contribution in [0.5, 0.6) is 0 Å². The molecule has 2 aromatic rings. The third-order valence-corrected chi connectivity index (χ3v) is 13.6. The van der Waals surface area contributed by atoms with Gasteiger partial charge in [0, 0.05) is 27.4 Å². The molecule has 6 rings (SSSR count). The molecule has 1 aromatic carbocycles. The van der Waals surface area contributed by atoms with Gasteiger partial charge in [0.25, 0.3) is 0 Å².